The molecule has 3 N–H and O–H groups in total. The summed E-state index contributed by atoms with van der Waals surface area (Å²) in [7, 11) is -3.31. The Morgan fingerprint density at radius 3 is 2.59 bits per heavy atom. The van der Waals surface area contributed by atoms with E-state index in [4.69, 9.17) is 5.73 Å². The van der Waals surface area contributed by atoms with Crippen LogP contribution in [0.5, 0.6) is 0 Å². The summed E-state index contributed by atoms with van der Waals surface area (Å²) in [6.07, 6.45) is 0.451. The molecule has 1 aromatic heterocycles. The zero-order valence-corrected chi connectivity index (χ0v) is 12.0. The van der Waals surface area contributed by atoms with Crippen molar-refractivity contribution in [3.05, 3.63) is 11.1 Å². The highest BCUT2D eigenvalue weighted by Gasteiger charge is 2.19. The lowest BCUT2D eigenvalue weighted by atomic mass is 9.93. The molecule has 0 spiro atoms. The minimum Gasteiger partial charge on any atom is -0.330 e. The number of aromatic nitrogens is 1. The maximum absolute atomic E-state index is 11.6. The number of nitrogens with two attached hydrogens (primary N) is 1. The summed E-state index contributed by atoms with van der Waals surface area (Å²) in [5.41, 5.74) is 6.10. The van der Waals surface area contributed by atoms with E-state index in [1.807, 2.05) is 26.2 Å². The van der Waals surface area contributed by atoms with Crippen LogP contribution in [0.15, 0.2) is 5.38 Å². The van der Waals surface area contributed by atoms with E-state index in [1.165, 1.54) is 11.3 Å². The van der Waals surface area contributed by atoms with Gasteiger partial charge in [0, 0.05) is 10.8 Å². The van der Waals surface area contributed by atoms with Crippen molar-refractivity contribution < 1.29 is 8.42 Å². The van der Waals surface area contributed by atoms with Crippen LogP contribution in [-0.2, 0) is 15.4 Å². The Kier molecular flexibility index (Phi) is 4.51. The van der Waals surface area contributed by atoms with Gasteiger partial charge in [-0.1, -0.05) is 20.8 Å². The van der Waals surface area contributed by atoms with Crippen molar-refractivity contribution in [2.45, 2.75) is 32.6 Å². The molecular weight excluding hydrogens is 258 g/mol. The number of nitrogens with zero attached hydrogens (tertiary/aromatic N) is 1. The third kappa shape index (κ3) is 4.61. The second-order valence-corrected chi connectivity index (χ2v) is 7.55. The predicted octanol–water partition coefficient (Wildman–Crippen LogP) is 1.53. The van der Waals surface area contributed by atoms with Gasteiger partial charge in [0.05, 0.1) is 11.4 Å². The lowest BCUT2D eigenvalue weighted by Gasteiger charge is -2.14. The number of anilines is 1. The minimum atomic E-state index is -3.31. The van der Waals surface area contributed by atoms with Gasteiger partial charge in [0.15, 0.2) is 5.13 Å². The summed E-state index contributed by atoms with van der Waals surface area (Å²) < 4.78 is 25.7. The fourth-order valence-electron chi connectivity index (χ4n) is 1.12. The minimum absolute atomic E-state index is 0.0356. The van der Waals surface area contributed by atoms with E-state index in [-0.39, 0.29) is 11.2 Å². The predicted molar refractivity (Wildman–Crippen MR) is 71.9 cm³/mol. The zero-order valence-electron chi connectivity index (χ0n) is 10.4. The van der Waals surface area contributed by atoms with Crippen molar-refractivity contribution in [2.24, 2.45) is 5.73 Å². The summed E-state index contributed by atoms with van der Waals surface area (Å²) in [4.78, 5) is 4.27. The molecule has 0 amide bonds. The fraction of sp³-hybridized carbons (Fsp3) is 0.700. The molecule has 0 aliphatic heterocycles. The van der Waals surface area contributed by atoms with E-state index in [9.17, 15) is 8.42 Å². The first-order valence-electron chi connectivity index (χ1n) is 5.41. The van der Waals surface area contributed by atoms with Gasteiger partial charge in [0.1, 0.15) is 0 Å². The molecule has 0 saturated heterocycles. The highest BCUT2D eigenvalue weighted by atomic mass is 32.2. The molecule has 17 heavy (non-hydrogen) atoms. The second kappa shape index (κ2) is 5.32. The van der Waals surface area contributed by atoms with Crippen LogP contribution in [0.25, 0.3) is 0 Å². The number of rotatable bonds is 5. The Morgan fingerprint density at radius 2 is 2.12 bits per heavy atom. The number of nitrogens with one attached hydrogen (secondary N) is 1. The standard InChI is InChI=1S/C10H19N3O2S2/c1-10(2,3)8-7-16-9(12-8)13-17(14,15)6-4-5-11/h7H,4-6,11H2,1-3H3,(H,12,13). The molecule has 0 saturated carbocycles. The summed E-state index contributed by atoms with van der Waals surface area (Å²) in [5, 5.41) is 2.30. The normalized spacial score (nSPS) is 12.7. The summed E-state index contributed by atoms with van der Waals surface area (Å²) in [5.74, 6) is 0.0356. The van der Waals surface area contributed by atoms with Gasteiger partial charge in [0.25, 0.3) is 0 Å². The van der Waals surface area contributed by atoms with Gasteiger partial charge < -0.3 is 5.73 Å². The molecular formula is C10H19N3O2S2. The third-order valence-corrected chi connectivity index (χ3v) is 4.35. The maximum atomic E-state index is 11.6. The van der Waals surface area contributed by atoms with Gasteiger partial charge in [-0.15, -0.1) is 11.3 Å². The van der Waals surface area contributed by atoms with Gasteiger partial charge in [-0.3, -0.25) is 4.72 Å². The molecule has 0 aliphatic carbocycles. The van der Waals surface area contributed by atoms with E-state index < -0.39 is 10.0 Å². The molecule has 0 fully saturated rings. The molecule has 1 aromatic rings. The first-order valence-corrected chi connectivity index (χ1v) is 7.94. The fourth-order valence-corrected chi connectivity index (χ4v) is 3.44. The highest BCUT2D eigenvalue weighted by molar-refractivity contribution is 7.92. The van der Waals surface area contributed by atoms with E-state index in [2.05, 4.69) is 9.71 Å². The van der Waals surface area contributed by atoms with Crippen LogP contribution >= 0.6 is 11.3 Å². The van der Waals surface area contributed by atoms with Gasteiger partial charge in [-0.25, -0.2) is 13.4 Å². The Hall–Kier alpha value is -0.660. The van der Waals surface area contributed by atoms with E-state index in [0.29, 0.717) is 18.1 Å². The Morgan fingerprint density at radius 1 is 1.47 bits per heavy atom. The Balaban J connectivity index is 2.73. The molecule has 98 valence electrons. The van der Waals surface area contributed by atoms with Crippen LogP contribution in [0.1, 0.15) is 32.9 Å². The molecule has 0 aliphatic rings. The number of sulfonamides is 1. The first kappa shape index (κ1) is 14.4. The summed E-state index contributed by atoms with van der Waals surface area (Å²) in [6.45, 7) is 6.48. The second-order valence-electron chi connectivity index (χ2n) is 4.85. The highest BCUT2D eigenvalue weighted by Crippen LogP contribution is 2.26. The molecule has 0 radical (unpaired) electrons. The van der Waals surface area contributed by atoms with Gasteiger partial charge in [-0.2, -0.15) is 0 Å². The third-order valence-electron chi connectivity index (χ3n) is 2.13. The van der Waals surface area contributed by atoms with Gasteiger partial charge >= 0.3 is 0 Å². The van der Waals surface area contributed by atoms with Crippen molar-refractivity contribution >= 4 is 26.5 Å². The van der Waals surface area contributed by atoms with E-state index in [1.54, 1.807) is 0 Å². The molecule has 1 heterocycles. The zero-order chi connectivity index (χ0) is 13.1. The van der Waals surface area contributed by atoms with E-state index >= 15 is 0 Å². The van der Waals surface area contributed by atoms with E-state index in [0.717, 1.165) is 5.69 Å². The van der Waals surface area contributed by atoms with Crippen LogP contribution < -0.4 is 10.5 Å². The van der Waals surface area contributed by atoms with Crippen molar-refractivity contribution in [3.63, 3.8) is 0 Å². The van der Waals surface area contributed by atoms with Crippen molar-refractivity contribution in [2.75, 3.05) is 17.0 Å². The van der Waals surface area contributed by atoms with Crippen LogP contribution in [-0.4, -0.2) is 25.7 Å². The summed E-state index contributed by atoms with van der Waals surface area (Å²) in [6, 6.07) is 0. The average Bonchev–Trinajstić information content (AvgIpc) is 2.62. The van der Waals surface area contributed by atoms with Crippen LogP contribution in [0.4, 0.5) is 5.13 Å². The van der Waals surface area contributed by atoms with Crippen molar-refractivity contribution in [1.82, 2.24) is 4.98 Å². The van der Waals surface area contributed by atoms with Crippen molar-refractivity contribution in [3.8, 4) is 0 Å². The SMILES string of the molecule is CC(C)(C)c1csc(NS(=O)(=O)CCCN)n1. The lowest BCUT2D eigenvalue weighted by molar-refractivity contribution is 0.573. The number of thiazole rings is 1. The largest absolute Gasteiger partial charge is 0.330 e. The molecule has 0 atom stereocenters. The molecule has 0 aromatic carbocycles. The van der Waals surface area contributed by atoms with Crippen molar-refractivity contribution in [1.29, 1.82) is 0 Å². The quantitative estimate of drug-likeness (QED) is 0.854. The smallest absolute Gasteiger partial charge is 0.234 e. The average molecular weight is 277 g/mol. The van der Waals surface area contributed by atoms with Crippen LogP contribution in [0.2, 0.25) is 0 Å². The molecule has 0 unspecified atom stereocenters. The molecule has 1 rings (SSSR count). The summed E-state index contributed by atoms with van der Waals surface area (Å²) >= 11 is 1.30. The topological polar surface area (TPSA) is 85.1 Å². The maximum Gasteiger partial charge on any atom is 0.234 e. The van der Waals surface area contributed by atoms with Crippen LogP contribution in [0.3, 0.4) is 0 Å². The Labute approximate surface area is 106 Å². The number of hydrogen-bond donors (Lipinski definition) is 2. The van der Waals surface area contributed by atoms with Crippen LogP contribution in [0, 0.1) is 0 Å². The monoisotopic (exact) mass is 277 g/mol. The lowest BCUT2D eigenvalue weighted by Crippen LogP contribution is -2.19. The number of hydrogen-bond acceptors (Lipinski definition) is 5. The first-order chi connectivity index (χ1) is 7.74. The Bertz CT molecular complexity index is 460. The molecule has 0 bridgehead atoms. The molecule has 7 heteroatoms. The van der Waals surface area contributed by atoms with Gasteiger partial charge in [-0.05, 0) is 13.0 Å². The van der Waals surface area contributed by atoms with Gasteiger partial charge in [0.2, 0.25) is 10.0 Å². The molecule has 5 nitrogen and oxygen atoms in total.